The van der Waals surface area contributed by atoms with Crippen LogP contribution in [-0.2, 0) is 27.8 Å². The number of thiophene rings is 1. The molecule has 1 aliphatic carbocycles. The van der Waals surface area contributed by atoms with Gasteiger partial charge in [-0.05, 0) is 44.7 Å². The molecule has 1 aromatic heterocycles. The highest BCUT2D eigenvalue weighted by Gasteiger charge is 2.40. The van der Waals surface area contributed by atoms with Crippen molar-refractivity contribution in [3.05, 3.63) is 63.5 Å². The molecular weight excluding hydrogens is 384 g/mol. The molecule has 1 N–H and O–H groups in total. The average molecular weight is 409 g/mol. The molecule has 1 heterocycles. The minimum absolute atomic E-state index is 0.244. The lowest BCUT2D eigenvalue weighted by Gasteiger charge is -2.31. The van der Waals surface area contributed by atoms with E-state index in [0.717, 1.165) is 16.0 Å². The van der Waals surface area contributed by atoms with Gasteiger partial charge in [0.05, 0.1) is 23.7 Å². The van der Waals surface area contributed by atoms with E-state index >= 15 is 0 Å². The van der Waals surface area contributed by atoms with Crippen LogP contribution in [0.2, 0.25) is 0 Å². The Labute approximate surface area is 175 Å². The zero-order chi connectivity index (χ0) is 21.0. The summed E-state index contributed by atoms with van der Waals surface area (Å²) in [5.41, 5.74) is 2.25. The number of hydrogen-bond acceptors (Lipinski definition) is 5. The zero-order valence-corrected chi connectivity index (χ0v) is 17.7. The fraction of sp³-hybridized carbons (Fsp3) is 0.348. The summed E-state index contributed by atoms with van der Waals surface area (Å²) in [4.78, 5) is 26.0. The molecule has 1 aromatic carbocycles. The predicted molar refractivity (Wildman–Crippen MR) is 114 cm³/mol. The van der Waals surface area contributed by atoms with Gasteiger partial charge in [0.2, 0.25) is 0 Å². The molecular formula is C23H24N2O3S. The van der Waals surface area contributed by atoms with E-state index < -0.39 is 11.4 Å². The number of benzene rings is 1. The monoisotopic (exact) mass is 408 g/mol. The first kappa shape index (κ1) is 20.8. The number of nitrogens with zero attached hydrogens (tertiary/aromatic N) is 1. The van der Waals surface area contributed by atoms with Gasteiger partial charge in [-0.1, -0.05) is 36.4 Å². The Balaban J connectivity index is 2.04. The first-order chi connectivity index (χ1) is 14.0. The highest BCUT2D eigenvalue weighted by Crippen LogP contribution is 2.45. The topological polar surface area (TPSA) is 79.2 Å². The third kappa shape index (κ3) is 3.96. The molecule has 29 heavy (non-hydrogen) atoms. The minimum atomic E-state index is -0.633. The van der Waals surface area contributed by atoms with Gasteiger partial charge in [-0.3, -0.25) is 4.79 Å². The predicted octanol–water partition coefficient (Wildman–Crippen LogP) is 4.78. The van der Waals surface area contributed by atoms with Gasteiger partial charge in [-0.15, -0.1) is 11.3 Å². The number of anilines is 1. The molecule has 6 heteroatoms. The Hall–Kier alpha value is -2.91. The lowest BCUT2D eigenvalue weighted by Crippen LogP contribution is -2.31. The van der Waals surface area contributed by atoms with Crippen LogP contribution in [0, 0.1) is 11.3 Å². The molecule has 0 saturated carbocycles. The van der Waals surface area contributed by atoms with Crippen molar-refractivity contribution < 1.29 is 14.3 Å². The van der Waals surface area contributed by atoms with E-state index in [1.165, 1.54) is 11.3 Å². The van der Waals surface area contributed by atoms with Crippen molar-refractivity contribution in [3.63, 3.8) is 0 Å². The Morgan fingerprint density at radius 3 is 2.69 bits per heavy atom. The van der Waals surface area contributed by atoms with E-state index in [2.05, 4.69) is 11.4 Å². The molecule has 1 unspecified atom stereocenters. The molecule has 3 rings (SSSR count). The Morgan fingerprint density at radius 2 is 2.07 bits per heavy atom. The summed E-state index contributed by atoms with van der Waals surface area (Å²) in [6.07, 6.45) is 3.44. The number of carbonyl (C=O) groups is 2. The first-order valence-electron chi connectivity index (χ1n) is 9.68. The van der Waals surface area contributed by atoms with Crippen LogP contribution in [-0.4, -0.2) is 18.5 Å². The largest absolute Gasteiger partial charge is 0.462 e. The van der Waals surface area contributed by atoms with Gasteiger partial charge in [0.25, 0.3) is 5.91 Å². The highest BCUT2D eigenvalue weighted by molar-refractivity contribution is 7.17. The lowest BCUT2D eigenvalue weighted by atomic mass is 9.70. The van der Waals surface area contributed by atoms with Gasteiger partial charge in [0.15, 0.2) is 0 Å². The van der Waals surface area contributed by atoms with Crippen molar-refractivity contribution in [3.8, 4) is 6.07 Å². The van der Waals surface area contributed by atoms with Gasteiger partial charge in [0, 0.05) is 16.9 Å². The molecule has 0 radical (unpaired) electrons. The second kappa shape index (κ2) is 8.62. The van der Waals surface area contributed by atoms with Crippen LogP contribution in [0.1, 0.15) is 53.6 Å². The second-order valence-corrected chi connectivity index (χ2v) is 8.20. The number of allylic oxidation sites excluding steroid dienone is 1. The Kier molecular flexibility index (Phi) is 6.19. The number of fused-ring (bicyclic) bond motifs is 1. The normalized spacial score (nSPS) is 18.5. The molecule has 0 aliphatic heterocycles. The highest BCUT2D eigenvalue weighted by atomic mass is 32.1. The fourth-order valence-corrected chi connectivity index (χ4v) is 4.97. The fourth-order valence-electron chi connectivity index (χ4n) is 3.62. The van der Waals surface area contributed by atoms with E-state index in [1.54, 1.807) is 26.8 Å². The number of amides is 1. The van der Waals surface area contributed by atoms with Gasteiger partial charge in [0.1, 0.15) is 5.00 Å². The lowest BCUT2D eigenvalue weighted by molar-refractivity contribution is -0.112. The number of nitrogens with one attached hydrogen (secondary N) is 1. The smallest absolute Gasteiger partial charge is 0.341 e. The maximum absolute atomic E-state index is 12.7. The van der Waals surface area contributed by atoms with Crippen LogP contribution >= 0.6 is 11.3 Å². The molecule has 150 valence electrons. The van der Waals surface area contributed by atoms with E-state index in [9.17, 15) is 14.9 Å². The number of nitriles is 1. The molecule has 1 atom stereocenters. The summed E-state index contributed by atoms with van der Waals surface area (Å²) < 4.78 is 5.26. The van der Waals surface area contributed by atoms with E-state index in [-0.39, 0.29) is 12.5 Å². The molecule has 5 nitrogen and oxygen atoms in total. The summed E-state index contributed by atoms with van der Waals surface area (Å²) in [6.45, 7) is 5.54. The number of carbonyl (C=O) groups excluding carboxylic acids is 2. The Morgan fingerprint density at radius 1 is 1.34 bits per heavy atom. The maximum Gasteiger partial charge on any atom is 0.341 e. The van der Waals surface area contributed by atoms with Crippen molar-refractivity contribution in [1.82, 2.24) is 0 Å². The van der Waals surface area contributed by atoms with Gasteiger partial charge in [-0.25, -0.2) is 4.79 Å². The van der Waals surface area contributed by atoms with E-state index in [4.69, 9.17) is 4.74 Å². The summed E-state index contributed by atoms with van der Waals surface area (Å²) in [6, 6.07) is 12.3. The summed E-state index contributed by atoms with van der Waals surface area (Å²) >= 11 is 1.37. The molecule has 0 spiro atoms. The standard InChI is InChI=1S/C23H24N2O3S/c1-4-15(3)20(26)25-21-19(22(27)28-5-2)17-11-12-23(14-24,13-18(17)29-21)16-9-7-6-8-10-16/h4,6-10H,5,11-13H2,1-3H3,(H,25,26). The van der Waals surface area contributed by atoms with E-state index in [0.29, 0.717) is 35.4 Å². The minimum Gasteiger partial charge on any atom is -0.462 e. The number of ether oxygens (including phenoxy) is 1. The van der Waals surface area contributed by atoms with Gasteiger partial charge < -0.3 is 10.1 Å². The van der Waals surface area contributed by atoms with Crippen molar-refractivity contribution in [1.29, 1.82) is 5.26 Å². The van der Waals surface area contributed by atoms with Crippen LogP contribution in [0.25, 0.3) is 0 Å². The van der Waals surface area contributed by atoms with Crippen molar-refractivity contribution >= 4 is 28.2 Å². The molecule has 0 bridgehead atoms. The maximum atomic E-state index is 12.7. The van der Waals surface area contributed by atoms with Crippen LogP contribution in [0.15, 0.2) is 42.0 Å². The third-order valence-corrected chi connectivity index (χ3v) is 6.54. The summed E-state index contributed by atoms with van der Waals surface area (Å²) in [5, 5.41) is 13.4. The molecule has 1 aliphatic rings. The zero-order valence-electron chi connectivity index (χ0n) is 16.9. The average Bonchev–Trinajstić information content (AvgIpc) is 3.10. The van der Waals surface area contributed by atoms with Crippen LogP contribution in [0.5, 0.6) is 0 Å². The number of esters is 1. The molecule has 0 saturated heterocycles. The number of rotatable bonds is 5. The molecule has 0 fully saturated rings. The summed E-state index contributed by atoms with van der Waals surface area (Å²) in [5.74, 6) is -0.672. The third-order valence-electron chi connectivity index (χ3n) is 5.39. The van der Waals surface area contributed by atoms with Crippen LogP contribution in [0.3, 0.4) is 0 Å². The van der Waals surface area contributed by atoms with Gasteiger partial charge >= 0.3 is 5.97 Å². The Bertz CT molecular complexity index is 1000. The summed E-state index contributed by atoms with van der Waals surface area (Å²) in [7, 11) is 0. The molecule has 1 amide bonds. The molecule has 2 aromatic rings. The van der Waals surface area contributed by atoms with E-state index in [1.807, 2.05) is 30.3 Å². The van der Waals surface area contributed by atoms with Gasteiger partial charge in [-0.2, -0.15) is 5.26 Å². The quantitative estimate of drug-likeness (QED) is 0.570. The van der Waals surface area contributed by atoms with Crippen molar-refractivity contribution in [2.75, 3.05) is 11.9 Å². The van der Waals surface area contributed by atoms with Crippen LogP contribution < -0.4 is 5.32 Å². The second-order valence-electron chi connectivity index (χ2n) is 7.09. The van der Waals surface area contributed by atoms with Crippen molar-refractivity contribution in [2.45, 2.75) is 45.4 Å². The number of hydrogen-bond donors (Lipinski definition) is 1. The van der Waals surface area contributed by atoms with Crippen molar-refractivity contribution in [2.24, 2.45) is 0 Å². The SMILES string of the molecule is CC=C(C)C(=O)Nc1sc2c(c1C(=O)OCC)CCC(C#N)(c1ccccc1)C2. The first-order valence-corrected chi connectivity index (χ1v) is 10.5. The van der Waals surface area contributed by atoms with Crippen LogP contribution in [0.4, 0.5) is 5.00 Å².